The van der Waals surface area contributed by atoms with Crippen LogP contribution in [-0.4, -0.2) is 155 Å². The number of anilines is 1. The molecule has 8 heterocycles. The van der Waals surface area contributed by atoms with Crippen LogP contribution in [0, 0.1) is 16.7 Å². The number of rotatable bonds is 10. The molecule has 0 unspecified atom stereocenters. The number of carbonyl (C=O) groups is 4. The fourth-order valence-corrected chi connectivity index (χ4v) is 13.3. The lowest BCUT2D eigenvalue weighted by atomic mass is 9.83. The number of carbonyl (C=O) groups excluding carboxylic acids is 4. The van der Waals surface area contributed by atoms with Gasteiger partial charge >= 0.3 is 5.97 Å². The first-order chi connectivity index (χ1) is 35.6. The van der Waals surface area contributed by atoms with Crippen LogP contribution in [0.25, 0.3) is 33.3 Å². The monoisotopic (exact) mass is 1020 g/mol. The molecule has 6 fully saturated rings. The Morgan fingerprint density at radius 3 is 2.39 bits per heavy atom. The van der Waals surface area contributed by atoms with Crippen molar-refractivity contribution in [3.05, 3.63) is 71.5 Å². The lowest BCUT2D eigenvalue weighted by Crippen LogP contribution is -2.62. The summed E-state index contributed by atoms with van der Waals surface area (Å²) < 4.78 is 8.76. The molecule has 2 aromatic heterocycles. The average Bonchev–Trinajstić information content (AvgIpc) is 4.34. The smallest absolute Gasteiger partial charge is 0.324 e. The summed E-state index contributed by atoms with van der Waals surface area (Å²) in [7, 11) is 0. The Morgan fingerprint density at radius 2 is 1.67 bits per heavy atom. The highest BCUT2D eigenvalue weighted by atomic mass is 16.5. The summed E-state index contributed by atoms with van der Waals surface area (Å²) in [6.07, 6.45) is 8.64. The van der Waals surface area contributed by atoms with Crippen LogP contribution in [0.1, 0.15) is 117 Å². The molecule has 75 heavy (non-hydrogen) atoms. The summed E-state index contributed by atoms with van der Waals surface area (Å²) in [5, 5.41) is 9.17. The molecular formula is C60H84N10O5. The van der Waals surface area contributed by atoms with Gasteiger partial charge in [-0.1, -0.05) is 79.3 Å². The summed E-state index contributed by atoms with van der Waals surface area (Å²) in [6.45, 7) is 24.4. The zero-order chi connectivity index (χ0) is 51.6. The molecule has 6 aliphatic heterocycles. The number of nitrogens with zero attached hydrogens (tertiary/aromatic N) is 7. The SMILES string of the molecule is C.CCn1c(-c2cc(N3CCN(C4CC4)CC3)cnc2C(C)C)c2c3cc(ccc31)-c1cccc(c1)C[C@H](NC(=O)[C@H](C(C)C)N1CC[C@]3(CCN(C(=O)[C@H]4CN4)C3)C1)C(=O)N1CCC[C@H](N1)C(=O)OCC(C)(C)C2. The van der Waals surface area contributed by atoms with Gasteiger partial charge in [-0.15, -0.1) is 0 Å². The standard InChI is InChI=1S/C59H80N10O5.CH4/c1-8-68-50-17-14-41-29-44(50)46(53(68)45-30-43(32-61-51(45)37(2)3)65-25-23-64(24-26-65)42-15-16-42)31-58(6,7)36-74-57(73)47-13-10-20-69(63-47)56(72)48(28-39-11-9-12-40(41)27-39)62-54(70)52(38(4)5)66-21-18-59(34-66)19-22-67(35-59)55(71)49-33-60-49;/h9,11-12,14,17,27,29-30,32,37-38,42,47-49,52,60,63H,8,10,13,15-16,18-26,28,31,33-36H2,1-7H3,(H,62,70);1H4/t47-,48-,49+,52-,59-;/m0./s1. The summed E-state index contributed by atoms with van der Waals surface area (Å²) in [5.74, 6) is -0.486. The number of pyridine rings is 1. The van der Waals surface area contributed by atoms with Crippen molar-refractivity contribution in [2.45, 2.75) is 150 Å². The van der Waals surface area contributed by atoms with Crippen molar-refractivity contribution in [2.24, 2.45) is 16.7 Å². The quantitative estimate of drug-likeness (QED) is 0.111. The molecule has 1 saturated carbocycles. The van der Waals surface area contributed by atoms with E-state index in [9.17, 15) is 19.2 Å². The predicted molar refractivity (Wildman–Crippen MR) is 296 cm³/mol. The van der Waals surface area contributed by atoms with Gasteiger partial charge in [-0.3, -0.25) is 39.0 Å². The van der Waals surface area contributed by atoms with Crippen molar-refractivity contribution in [1.82, 2.24) is 45.3 Å². The first-order valence-electron chi connectivity index (χ1n) is 28.1. The number of ether oxygens (including phenoxy) is 1. The molecule has 404 valence electrons. The Balaban J connectivity index is 0.00000641. The lowest BCUT2D eigenvalue weighted by Gasteiger charge is -2.37. The van der Waals surface area contributed by atoms with Gasteiger partial charge in [-0.25, -0.2) is 5.43 Å². The molecule has 3 amide bonds. The number of cyclic esters (lactones) is 1. The number of hydrogen-bond acceptors (Lipinski definition) is 11. The molecule has 1 aliphatic carbocycles. The van der Waals surface area contributed by atoms with Gasteiger partial charge in [0.1, 0.15) is 12.1 Å². The van der Waals surface area contributed by atoms with Gasteiger partial charge in [-0.2, -0.15) is 0 Å². The van der Waals surface area contributed by atoms with Crippen LogP contribution < -0.4 is 21.0 Å². The van der Waals surface area contributed by atoms with Gasteiger partial charge in [0.05, 0.1) is 42.0 Å². The van der Waals surface area contributed by atoms with E-state index in [1.165, 1.54) is 24.1 Å². The fourth-order valence-electron chi connectivity index (χ4n) is 13.3. The molecule has 5 saturated heterocycles. The molecule has 15 heteroatoms. The average molecular weight is 1030 g/mol. The molecule has 3 N–H and O–H groups in total. The zero-order valence-corrected chi connectivity index (χ0v) is 45.1. The minimum Gasteiger partial charge on any atom is -0.464 e. The van der Waals surface area contributed by atoms with Gasteiger partial charge in [0.15, 0.2) is 0 Å². The third-order valence-electron chi connectivity index (χ3n) is 17.5. The molecule has 2 aromatic carbocycles. The van der Waals surface area contributed by atoms with E-state index in [0.717, 1.165) is 122 Å². The van der Waals surface area contributed by atoms with E-state index < -0.39 is 23.5 Å². The van der Waals surface area contributed by atoms with Crippen LogP contribution in [0.3, 0.4) is 0 Å². The molecule has 5 atom stereocenters. The number of nitrogens with one attached hydrogen (secondary N) is 3. The number of hydrazine groups is 1. The number of aryl methyl sites for hydroxylation is 1. The number of amides is 3. The Hall–Kier alpha value is -5.35. The summed E-state index contributed by atoms with van der Waals surface area (Å²) >= 11 is 0. The summed E-state index contributed by atoms with van der Waals surface area (Å²) in [5.41, 5.74) is 12.7. The topological polar surface area (TPSA) is 158 Å². The molecule has 7 aliphatic rings. The van der Waals surface area contributed by atoms with E-state index in [4.69, 9.17) is 9.72 Å². The third-order valence-corrected chi connectivity index (χ3v) is 17.5. The Morgan fingerprint density at radius 1 is 0.907 bits per heavy atom. The van der Waals surface area contributed by atoms with E-state index in [1.54, 1.807) is 5.01 Å². The second kappa shape index (κ2) is 21.2. The Labute approximate surface area is 445 Å². The summed E-state index contributed by atoms with van der Waals surface area (Å²) in [4.78, 5) is 71.7. The molecular weight excluding hydrogens is 941 g/mol. The maximum Gasteiger partial charge on any atom is 0.324 e. The highest BCUT2D eigenvalue weighted by Crippen LogP contribution is 2.44. The van der Waals surface area contributed by atoms with Crippen molar-refractivity contribution in [2.75, 3.05) is 77.0 Å². The molecule has 6 bridgehead atoms. The Kier molecular flexibility index (Phi) is 15.0. The number of benzene rings is 2. The molecule has 0 radical (unpaired) electrons. The minimum atomic E-state index is -0.905. The zero-order valence-electron chi connectivity index (χ0n) is 45.1. The van der Waals surface area contributed by atoms with Crippen LogP contribution in [0.2, 0.25) is 0 Å². The van der Waals surface area contributed by atoms with Crippen molar-refractivity contribution >= 4 is 40.3 Å². The number of piperazine rings is 1. The van der Waals surface area contributed by atoms with Gasteiger partial charge < -0.3 is 29.7 Å². The largest absolute Gasteiger partial charge is 0.464 e. The summed E-state index contributed by atoms with van der Waals surface area (Å²) in [6, 6.07) is 16.2. The number of likely N-dealkylation sites (tertiary alicyclic amines) is 2. The normalized spacial score (nSPS) is 25.9. The minimum absolute atomic E-state index is 0. The molecule has 4 aromatic rings. The van der Waals surface area contributed by atoms with Crippen LogP contribution in [0.5, 0.6) is 0 Å². The maximum absolute atomic E-state index is 14.9. The molecule has 11 rings (SSSR count). The molecule has 1 spiro atoms. The van der Waals surface area contributed by atoms with Gasteiger partial charge in [0.2, 0.25) is 11.8 Å². The number of hydrogen-bond donors (Lipinski definition) is 3. The van der Waals surface area contributed by atoms with E-state index in [-0.39, 0.29) is 67.4 Å². The highest BCUT2D eigenvalue weighted by molar-refractivity contribution is 5.96. The van der Waals surface area contributed by atoms with Gasteiger partial charge in [-0.05, 0) is 111 Å². The lowest BCUT2D eigenvalue weighted by molar-refractivity contribution is -0.155. The number of aromatic nitrogens is 2. The number of fused-ring (bicyclic) bond motifs is 6. The Bertz CT molecular complexity index is 2790. The maximum atomic E-state index is 14.9. The predicted octanol–water partition coefficient (Wildman–Crippen LogP) is 7.00. The van der Waals surface area contributed by atoms with E-state index >= 15 is 0 Å². The van der Waals surface area contributed by atoms with Crippen molar-refractivity contribution < 1.29 is 23.9 Å². The van der Waals surface area contributed by atoms with Crippen molar-refractivity contribution in [3.8, 4) is 22.4 Å². The van der Waals surface area contributed by atoms with Crippen LogP contribution in [0.15, 0.2) is 54.7 Å². The van der Waals surface area contributed by atoms with E-state index in [2.05, 4.69) is 132 Å². The second-order valence-corrected chi connectivity index (χ2v) is 24.4. The van der Waals surface area contributed by atoms with Gasteiger partial charge in [0, 0.05) is 105 Å². The highest BCUT2D eigenvalue weighted by Gasteiger charge is 2.49. The van der Waals surface area contributed by atoms with Crippen molar-refractivity contribution in [3.63, 3.8) is 0 Å². The van der Waals surface area contributed by atoms with E-state index in [1.807, 2.05) is 11.0 Å². The van der Waals surface area contributed by atoms with E-state index in [0.29, 0.717) is 32.4 Å². The van der Waals surface area contributed by atoms with Gasteiger partial charge in [0.25, 0.3) is 5.91 Å². The first kappa shape index (κ1) is 53.1. The van der Waals surface area contributed by atoms with Crippen LogP contribution in [0.4, 0.5) is 5.69 Å². The first-order valence-corrected chi connectivity index (χ1v) is 28.1. The van der Waals surface area contributed by atoms with Crippen molar-refractivity contribution in [1.29, 1.82) is 0 Å². The molecule has 15 nitrogen and oxygen atoms in total. The van der Waals surface area contributed by atoms with Crippen LogP contribution >= 0.6 is 0 Å². The second-order valence-electron chi connectivity index (χ2n) is 24.4. The van der Waals surface area contributed by atoms with Crippen LogP contribution in [-0.2, 0) is 43.3 Å². The fraction of sp³-hybridized carbons (Fsp3) is 0.617. The number of esters is 1. The third kappa shape index (κ3) is 10.9.